The molecule has 8 nitrogen and oxygen atoms in total. The minimum Gasteiger partial charge on any atom is -0.455 e. The Labute approximate surface area is 159 Å². The summed E-state index contributed by atoms with van der Waals surface area (Å²) < 4.78 is 9.49. The van der Waals surface area contributed by atoms with Gasteiger partial charge < -0.3 is 14.3 Å². The zero-order chi connectivity index (χ0) is 18.6. The van der Waals surface area contributed by atoms with Crippen LogP contribution in [0.2, 0.25) is 0 Å². The Hall–Kier alpha value is -3.07. The number of thioether (sulfide) groups is 1. The first-order valence-electron chi connectivity index (χ1n) is 8.46. The fraction of sp³-hybridized carbons (Fsp3) is 0.222. The molecule has 0 aliphatic carbocycles. The van der Waals surface area contributed by atoms with Crippen molar-refractivity contribution in [1.82, 2.24) is 29.5 Å². The number of fused-ring (bicyclic) bond motifs is 1. The molecule has 27 heavy (non-hydrogen) atoms. The number of rotatable bonds is 7. The number of imidazole rings is 1. The Morgan fingerprint density at radius 2 is 2.15 bits per heavy atom. The Kier molecular flexibility index (Phi) is 4.93. The molecule has 0 fully saturated rings. The number of nitrogens with zero attached hydrogens (tertiary/aromatic N) is 5. The fourth-order valence-electron chi connectivity index (χ4n) is 2.64. The Morgan fingerprint density at radius 3 is 3.00 bits per heavy atom. The van der Waals surface area contributed by atoms with Crippen molar-refractivity contribution in [3.63, 3.8) is 0 Å². The summed E-state index contributed by atoms with van der Waals surface area (Å²) in [6.45, 7) is 0.451. The van der Waals surface area contributed by atoms with Crippen molar-refractivity contribution in [3.05, 3.63) is 66.3 Å². The van der Waals surface area contributed by atoms with E-state index in [4.69, 9.17) is 4.42 Å². The number of amides is 1. The molecule has 1 amide bonds. The largest absolute Gasteiger partial charge is 0.455 e. The molecular weight excluding hydrogens is 364 g/mol. The van der Waals surface area contributed by atoms with Crippen LogP contribution in [0.5, 0.6) is 0 Å². The lowest BCUT2D eigenvalue weighted by atomic mass is 10.3. The molecule has 0 aliphatic rings. The number of furan rings is 1. The molecule has 0 saturated carbocycles. The molecule has 0 aliphatic heterocycles. The lowest BCUT2D eigenvalue weighted by molar-refractivity contribution is 0.0925. The Bertz CT molecular complexity index is 1070. The van der Waals surface area contributed by atoms with Gasteiger partial charge in [0.05, 0.1) is 5.75 Å². The molecule has 0 radical (unpaired) electrons. The van der Waals surface area contributed by atoms with Gasteiger partial charge in [0, 0.05) is 38.6 Å². The van der Waals surface area contributed by atoms with Crippen LogP contribution in [0, 0.1) is 0 Å². The third kappa shape index (κ3) is 3.87. The molecule has 0 saturated heterocycles. The van der Waals surface area contributed by atoms with Gasteiger partial charge >= 0.3 is 0 Å². The molecule has 0 atom stereocenters. The van der Waals surface area contributed by atoms with Crippen molar-refractivity contribution < 1.29 is 9.21 Å². The third-order valence-electron chi connectivity index (χ3n) is 4.02. The number of hydrogen-bond acceptors (Lipinski definition) is 6. The highest BCUT2D eigenvalue weighted by atomic mass is 32.2. The quantitative estimate of drug-likeness (QED) is 0.493. The third-order valence-corrected chi connectivity index (χ3v) is 5.10. The molecule has 4 rings (SSSR count). The molecule has 0 aromatic carbocycles. The Balaban J connectivity index is 1.30. The van der Waals surface area contributed by atoms with E-state index in [2.05, 4.69) is 20.5 Å². The van der Waals surface area contributed by atoms with Crippen LogP contribution < -0.4 is 5.32 Å². The second kappa shape index (κ2) is 7.67. The second-order valence-corrected chi connectivity index (χ2v) is 6.87. The topological polar surface area (TPSA) is 90.2 Å². The summed E-state index contributed by atoms with van der Waals surface area (Å²) in [5.41, 5.74) is 0.791. The number of aromatic nitrogens is 5. The van der Waals surface area contributed by atoms with E-state index in [1.165, 1.54) is 0 Å². The average molecular weight is 382 g/mol. The summed E-state index contributed by atoms with van der Waals surface area (Å²) >= 11 is 1.56. The highest BCUT2D eigenvalue weighted by Gasteiger charge is 2.12. The van der Waals surface area contributed by atoms with Crippen LogP contribution in [-0.2, 0) is 19.2 Å². The Morgan fingerprint density at radius 1 is 1.22 bits per heavy atom. The monoisotopic (exact) mass is 382 g/mol. The summed E-state index contributed by atoms with van der Waals surface area (Å²) in [6, 6.07) is 9.23. The van der Waals surface area contributed by atoms with E-state index in [0.29, 0.717) is 24.5 Å². The lowest BCUT2D eigenvalue weighted by Gasteiger charge is -2.03. The first-order valence-corrected chi connectivity index (χ1v) is 9.45. The lowest BCUT2D eigenvalue weighted by Crippen LogP contribution is -2.25. The molecular formula is C18H18N6O2S. The van der Waals surface area contributed by atoms with Crippen molar-refractivity contribution in [2.75, 3.05) is 6.54 Å². The number of pyridine rings is 1. The predicted octanol–water partition coefficient (Wildman–Crippen LogP) is 2.32. The van der Waals surface area contributed by atoms with Gasteiger partial charge in [0.25, 0.3) is 5.91 Å². The van der Waals surface area contributed by atoms with Crippen LogP contribution in [0.3, 0.4) is 0 Å². The summed E-state index contributed by atoms with van der Waals surface area (Å²) in [4.78, 5) is 16.5. The van der Waals surface area contributed by atoms with Crippen LogP contribution in [0.15, 0.2) is 58.5 Å². The highest BCUT2D eigenvalue weighted by molar-refractivity contribution is 7.98. The van der Waals surface area contributed by atoms with E-state index in [-0.39, 0.29) is 5.91 Å². The maximum Gasteiger partial charge on any atom is 0.287 e. The van der Waals surface area contributed by atoms with Gasteiger partial charge in [-0.05, 0) is 24.3 Å². The molecule has 0 unspecified atom stereocenters. The average Bonchev–Trinajstić information content (AvgIpc) is 3.40. The first-order chi connectivity index (χ1) is 13.2. The van der Waals surface area contributed by atoms with Crippen LogP contribution in [0.1, 0.15) is 22.1 Å². The van der Waals surface area contributed by atoms with E-state index in [1.807, 2.05) is 52.7 Å². The van der Waals surface area contributed by atoms with Crippen LogP contribution >= 0.6 is 11.8 Å². The van der Waals surface area contributed by atoms with Gasteiger partial charge in [0.15, 0.2) is 16.6 Å². The van der Waals surface area contributed by atoms with Gasteiger partial charge in [-0.25, -0.2) is 4.98 Å². The molecule has 138 valence electrons. The molecule has 4 heterocycles. The van der Waals surface area contributed by atoms with Crippen LogP contribution in [0.4, 0.5) is 0 Å². The zero-order valence-corrected chi connectivity index (χ0v) is 15.5. The maximum absolute atomic E-state index is 12.3. The number of carbonyl (C=O) groups excluding carboxylic acids is 1. The van der Waals surface area contributed by atoms with Crippen molar-refractivity contribution in [3.8, 4) is 0 Å². The van der Waals surface area contributed by atoms with E-state index in [9.17, 15) is 4.79 Å². The maximum atomic E-state index is 12.3. The van der Waals surface area contributed by atoms with Crippen molar-refractivity contribution in [1.29, 1.82) is 0 Å². The van der Waals surface area contributed by atoms with Gasteiger partial charge in [-0.3, -0.25) is 9.20 Å². The minimum atomic E-state index is -0.239. The summed E-state index contributed by atoms with van der Waals surface area (Å²) in [5.74, 6) is 2.21. The van der Waals surface area contributed by atoms with Gasteiger partial charge in [-0.2, -0.15) is 0 Å². The predicted molar refractivity (Wildman–Crippen MR) is 101 cm³/mol. The minimum absolute atomic E-state index is 0.239. The van der Waals surface area contributed by atoms with E-state index < -0.39 is 0 Å². The van der Waals surface area contributed by atoms with Gasteiger partial charge in [-0.15, -0.1) is 10.2 Å². The smallest absolute Gasteiger partial charge is 0.287 e. The molecule has 0 spiro atoms. The van der Waals surface area contributed by atoms with Crippen molar-refractivity contribution in [2.24, 2.45) is 7.05 Å². The molecule has 9 heteroatoms. The van der Waals surface area contributed by atoms with Gasteiger partial charge in [0.2, 0.25) is 0 Å². The van der Waals surface area contributed by atoms with Crippen LogP contribution in [-0.4, -0.2) is 36.6 Å². The van der Waals surface area contributed by atoms with Gasteiger partial charge in [-0.1, -0.05) is 17.8 Å². The van der Waals surface area contributed by atoms with E-state index in [1.54, 1.807) is 24.0 Å². The zero-order valence-electron chi connectivity index (χ0n) is 14.7. The summed E-state index contributed by atoms with van der Waals surface area (Å²) in [6.07, 6.45) is 6.13. The number of carbonyl (C=O) groups is 1. The summed E-state index contributed by atoms with van der Waals surface area (Å²) in [7, 11) is 1.94. The van der Waals surface area contributed by atoms with Crippen molar-refractivity contribution >= 4 is 23.3 Å². The highest BCUT2D eigenvalue weighted by Crippen LogP contribution is 2.21. The molecule has 4 aromatic rings. The molecule has 4 aromatic heterocycles. The number of aryl methyl sites for hydroxylation is 1. The SMILES string of the molecule is Cn1ccnc1SCc1ccc(C(=O)NCCc2nnc3ccccn23)o1. The molecule has 1 N–H and O–H groups in total. The normalized spacial score (nSPS) is 11.1. The standard InChI is InChI=1S/C18H18N6O2S/c1-23-11-9-20-18(23)27-12-13-5-6-14(26-13)17(25)19-8-7-16-22-21-15-4-2-3-10-24(15)16/h2-6,9-11H,7-8,12H2,1H3,(H,19,25). The number of nitrogens with one attached hydrogen (secondary N) is 1. The van der Waals surface area contributed by atoms with E-state index >= 15 is 0 Å². The number of hydrogen-bond donors (Lipinski definition) is 1. The molecule has 0 bridgehead atoms. The summed E-state index contributed by atoms with van der Waals surface area (Å²) in [5, 5.41) is 12.0. The van der Waals surface area contributed by atoms with Gasteiger partial charge in [0.1, 0.15) is 11.6 Å². The van der Waals surface area contributed by atoms with Crippen LogP contribution in [0.25, 0.3) is 5.65 Å². The first kappa shape index (κ1) is 17.3. The second-order valence-electron chi connectivity index (χ2n) is 5.93. The fourth-order valence-corrected chi connectivity index (χ4v) is 3.47. The van der Waals surface area contributed by atoms with E-state index in [0.717, 1.165) is 22.4 Å². The van der Waals surface area contributed by atoms with Crippen molar-refractivity contribution in [2.45, 2.75) is 17.3 Å².